The molecule has 0 bridgehead atoms. The molecule has 0 radical (unpaired) electrons. The molecule has 0 aromatic heterocycles. The van der Waals surface area contributed by atoms with Crippen LogP contribution in [0.2, 0.25) is 6.32 Å². The van der Waals surface area contributed by atoms with Gasteiger partial charge in [-0.25, -0.2) is 0 Å². The van der Waals surface area contributed by atoms with Crippen molar-refractivity contribution >= 4 is 13.1 Å². The minimum absolute atomic E-state index is 0.120. The number of carboxylic acids is 1. The Morgan fingerprint density at radius 3 is 2.80 bits per heavy atom. The fourth-order valence-corrected chi connectivity index (χ4v) is 2.12. The molecule has 86 valence electrons. The highest BCUT2D eigenvalue weighted by molar-refractivity contribution is 6.40. The number of piperidine rings is 1. The van der Waals surface area contributed by atoms with Crippen molar-refractivity contribution < 1.29 is 19.9 Å². The van der Waals surface area contributed by atoms with Crippen LogP contribution in [0.1, 0.15) is 25.7 Å². The average Bonchev–Trinajstić information content (AvgIpc) is 2.17. The van der Waals surface area contributed by atoms with Crippen LogP contribution < -0.4 is 5.32 Å². The highest BCUT2D eigenvalue weighted by atomic mass is 16.4. The standard InChI is InChI=1S/C9H18BNO4/c12-9(13)8-7(4-2-6-11-8)3-1-5-10(14)15/h7-8,11,14-15H,1-6H2,(H,12,13)/t7-,8+/m0/s1. The number of hydrogen-bond acceptors (Lipinski definition) is 4. The van der Waals surface area contributed by atoms with Gasteiger partial charge in [-0.15, -0.1) is 0 Å². The van der Waals surface area contributed by atoms with E-state index < -0.39 is 19.1 Å². The van der Waals surface area contributed by atoms with Crippen LogP contribution in [0, 0.1) is 5.92 Å². The van der Waals surface area contributed by atoms with E-state index in [1.54, 1.807) is 0 Å². The zero-order valence-corrected chi connectivity index (χ0v) is 8.72. The number of carbonyl (C=O) groups is 1. The molecule has 5 nitrogen and oxygen atoms in total. The van der Waals surface area contributed by atoms with Gasteiger partial charge in [0.05, 0.1) is 0 Å². The Kier molecular flexibility index (Phi) is 5.07. The Bertz CT molecular complexity index is 212. The summed E-state index contributed by atoms with van der Waals surface area (Å²) in [4.78, 5) is 10.9. The SMILES string of the molecule is O=C(O)[C@@H]1NCCC[C@@H]1CCCB(O)O. The van der Waals surface area contributed by atoms with E-state index in [1.165, 1.54) is 0 Å². The minimum Gasteiger partial charge on any atom is -0.480 e. The second kappa shape index (κ2) is 6.10. The summed E-state index contributed by atoms with van der Waals surface area (Å²) in [5.74, 6) is -0.681. The van der Waals surface area contributed by atoms with Gasteiger partial charge < -0.3 is 20.5 Å². The zero-order valence-electron chi connectivity index (χ0n) is 8.72. The van der Waals surface area contributed by atoms with E-state index in [-0.39, 0.29) is 5.92 Å². The fourth-order valence-electron chi connectivity index (χ4n) is 2.12. The second-order valence-corrected chi connectivity index (χ2v) is 4.08. The third-order valence-electron chi connectivity index (χ3n) is 2.89. The Morgan fingerprint density at radius 2 is 2.20 bits per heavy atom. The van der Waals surface area contributed by atoms with E-state index in [4.69, 9.17) is 15.2 Å². The predicted molar refractivity (Wildman–Crippen MR) is 56.4 cm³/mol. The smallest absolute Gasteiger partial charge is 0.451 e. The summed E-state index contributed by atoms with van der Waals surface area (Å²) in [5.41, 5.74) is 0. The molecule has 15 heavy (non-hydrogen) atoms. The normalized spacial score (nSPS) is 26.3. The number of carboxylic acid groups (broad SMARTS) is 1. The van der Waals surface area contributed by atoms with Crippen molar-refractivity contribution in [1.29, 1.82) is 0 Å². The molecule has 0 spiro atoms. The lowest BCUT2D eigenvalue weighted by Gasteiger charge is -2.29. The molecule has 0 unspecified atom stereocenters. The molecule has 0 aromatic rings. The van der Waals surface area contributed by atoms with Crippen LogP contribution in [-0.4, -0.2) is 40.8 Å². The lowest BCUT2D eigenvalue weighted by atomic mass is 9.79. The van der Waals surface area contributed by atoms with Crippen molar-refractivity contribution in [3.8, 4) is 0 Å². The van der Waals surface area contributed by atoms with E-state index in [1.807, 2.05) is 0 Å². The van der Waals surface area contributed by atoms with Crippen LogP contribution in [0.4, 0.5) is 0 Å². The van der Waals surface area contributed by atoms with Crippen LogP contribution >= 0.6 is 0 Å². The Labute approximate surface area is 89.6 Å². The number of aliphatic carboxylic acids is 1. The molecule has 0 aromatic carbocycles. The first-order chi connectivity index (χ1) is 7.11. The number of nitrogens with one attached hydrogen (secondary N) is 1. The summed E-state index contributed by atoms with van der Waals surface area (Å²) in [7, 11) is -1.27. The minimum atomic E-state index is -1.27. The van der Waals surface area contributed by atoms with Crippen molar-refractivity contribution in [2.24, 2.45) is 5.92 Å². The van der Waals surface area contributed by atoms with E-state index in [2.05, 4.69) is 5.32 Å². The molecular weight excluding hydrogens is 197 g/mol. The largest absolute Gasteiger partial charge is 0.480 e. The topological polar surface area (TPSA) is 89.8 Å². The molecule has 1 aliphatic rings. The van der Waals surface area contributed by atoms with E-state index in [0.717, 1.165) is 25.8 Å². The van der Waals surface area contributed by atoms with Crippen LogP contribution in [0.5, 0.6) is 0 Å². The summed E-state index contributed by atoms with van der Waals surface area (Å²) in [6.45, 7) is 0.760. The fraction of sp³-hybridized carbons (Fsp3) is 0.889. The van der Waals surface area contributed by atoms with Gasteiger partial charge in [0.1, 0.15) is 6.04 Å². The lowest BCUT2D eigenvalue weighted by Crippen LogP contribution is -2.46. The van der Waals surface area contributed by atoms with Gasteiger partial charge in [0, 0.05) is 0 Å². The highest BCUT2D eigenvalue weighted by Gasteiger charge is 2.29. The van der Waals surface area contributed by atoms with Gasteiger partial charge in [-0.3, -0.25) is 4.79 Å². The van der Waals surface area contributed by atoms with Crippen LogP contribution in [0.15, 0.2) is 0 Å². The first-order valence-electron chi connectivity index (χ1n) is 5.43. The van der Waals surface area contributed by atoms with Gasteiger partial charge >= 0.3 is 13.1 Å². The number of rotatable bonds is 5. The third-order valence-corrected chi connectivity index (χ3v) is 2.89. The molecule has 1 rings (SSSR count). The van der Waals surface area contributed by atoms with Crippen molar-refractivity contribution in [3.63, 3.8) is 0 Å². The van der Waals surface area contributed by atoms with Gasteiger partial charge in [0.2, 0.25) is 0 Å². The van der Waals surface area contributed by atoms with Crippen LogP contribution in [0.3, 0.4) is 0 Å². The summed E-state index contributed by atoms with van der Waals surface area (Å²) >= 11 is 0. The monoisotopic (exact) mass is 215 g/mol. The summed E-state index contributed by atoms with van der Waals surface area (Å²) < 4.78 is 0. The van der Waals surface area contributed by atoms with Crippen molar-refractivity contribution in [2.45, 2.75) is 38.0 Å². The summed E-state index contributed by atoms with van der Waals surface area (Å²) in [6.07, 6.45) is 3.62. The average molecular weight is 215 g/mol. The summed E-state index contributed by atoms with van der Waals surface area (Å²) in [6, 6.07) is -0.463. The van der Waals surface area contributed by atoms with Crippen molar-refractivity contribution in [2.75, 3.05) is 6.54 Å². The molecule has 6 heteroatoms. The first-order valence-corrected chi connectivity index (χ1v) is 5.43. The molecule has 2 atom stereocenters. The van der Waals surface area contributed by atoms with E-state index >= 15 is 0 Å². The van der Waals surface area contributed by atoms with Gasteiger partial charge in [-0.2, -0.15) is 0 Å². The molecule has 0 aliphatic carbocycles. The highest BCUT2D eigenvalue weighted by Crippen LogP contribution is 2.22. The Hall–Kier alpha value is -0.585. The van der Waals surface area contributed by atoms with Crippen LogP contribution in [0.25, 0.3) is 0 Å². The quantitative estimate of drug-likeness (QED) is 0.472. The molecule has 1 fully saturated rings. The maximum absolute atomic E-state index is 10.9. The third kappa shape index (κ3) is 4.19. The Morgan fingerprint density at radius 1 is 1.47 bits per heavy atom. The van der Waals surface area contributed by atoms with E-state index in [9.17, 15) is 4.79 Å². The van der Waals surface area contributed by atoms with E-state index in [0.29, 0.717) is 12.7 Å². The molecule has 4 N–H and O–H groups in total. The van der Waals surface area contributed by atoms with Crippen molar-refractivity contribution in [1.82, 2.24) is 5.32 Å². The first kappa shape index (κ1) is 12.5. The second-order valence-electron chi connectivity index (χ2n) is 4.08. The van der Waals surface area contributed by atoms with Crippen LogP contribution in [-0.2, 0) is 4.79 Å². The van der Waals surface area contributed by atoms with Gasteiger partial charge in [-0.1, -0.05) is 6.42 Å². The Balaban J connectivity index is 2.33. The van der Waals surface area contributed by atoms with Gasteiger partial charge in [0.25, 0.3) is 0 Å². The molecular formula is C9H18BNO4. The lowest BCUT2D eigenvalue weighted by molar-refractivity contribution is -0.141. The maximum atomic E-state index is 10.9. The maximum Gasteiger partial charge on any atom is 0.451 e. The molecule has 1 aliphatic heterocycles. The predicted octanol–water partition coefficient (Wildman–Crippen LogP) is -0.308. The molecule has 0 saturated carbocycles. The number of hydrogen-bond donors (Lipinski definition) is 4. The van der Waals surface area contributed by atoms with Gasteiger partial charge in [0.15, 0.2) is 0 Å². The molecule has 1 heterocycles. The van der Waals surface area contributed by atoms with Gasteiger partial charge in [-0.05, 0) is 38.0 Å². The zero-order chi connectivity index (χ0) is 11.3. The summed E-state index contributed by atoms with van der Waals surface area (Å²) in [5, 5.41) is 29.3. The van der Waals surface area contributed by atoms with Crippen molar-refractivity contribution in [3.05, 3.63) is 0 Å². The molecule has 0 amide bonds. The molecule has 1 saturated heterocycles.